The number of H-pyrrole nitrogens is 1. The first-order valence-corrected chi connectivity index (χ1v) is 5.79. The Morgan fingerprint density at radius 3 is 2.40 bits per heavy atom. The van der Waals surface area contributed by atoms with Crippen molar-refractivity contribution < 1.29 is 9.59 Å². The van der Waals surface area contributed by atoms with Crippen molar-refractivity contribution in [1.29, 1.82) is 0 Å². The maximum absolute atomic E-state index is 11.7. The summed E-state index contributed by atoms with van der Waals surface area (Å²) in [6.45, 7) is 0.276. The number of hydrogen-bond donors (Lipinski definition) is 3. The molecule has 1 aromatic carbocycles. The standard InChI is InChI=1S/C13H12N4O3/c14-12(19)9-3-1-8(2-4-9)7-15-13(20)10-5-6-11(18)17-16-10/h1-6H,7H2,(H2,14,19)(H,15,20)(H,17,18). The molecule has 7 heteroatoms. The highest BCUT2D eigenvalue weighted by Gasteiger charge is 2.07. The summed E-state index contributed by atoms with van der Waals surface area (Å²) in [5.74, 6) is -0.904. The topological polar surface area (TPSA) is 118 Å². The fourth-order valence-electron chi connectivity index (χ4n) is 1.53. The van der Waals surface area contributed by atoms with E-state index in [4.69, 9.17) is 5.73 Å². The lowest BCUT2D eigenvalue weighted by atomic mass is 10.1. The van der Waals surface area contributed by atoms with E-state index in [-0.39, 0.29) is 17.8 Å². The van der Waals surface area contributed by atoms with Gasteiger partial charge in [0.25, 0.3) is 11.5 Å². The van der Waals surface area contributed by atoms with Gasteiger partial charge in [-0.3, -0.25) is 14.4 Å². The van der Waals surface area contributed by atoms with Gasteiger partial charge in [-0.15, -0.1) is 0 Å². The van der Waals surface area contributed by atoms with Crippen LogP contribution in [0.5, 0.6) is 0 Å². The number of aromatic amines is 1. The first-order chi connectivity index (χ1) is 9.56. The summed E-state index contributed by atoms with van der Waals surface area (Å²) in [7, 11) is 0. The van der Waals surface area contributed by atoms with E-state index in [2.05, 4.69) is 15.5 Å². The molecule has 0 spiro atoms. The Hall–Kier alpha value is -2.96. The van der Waals surface area contributed by atoms with Crippen LogP contribution in [0.4, 0.5) is 0 Å². The van der Waals surface area contributed by atoms with Crippen LogP contribution >= 0.6 is 0 Å². The monoisotopic (exact) mass is 272 g/mol. The van der Waals surface area contributed by atoms with Crippen molar-refractivity contribution >= 4 is 11.8 Å². The molecule has 7 nitrogen and oxygen atoms in total. The minimum Gasteiger partial charge on any atom is -0.366 e. The molecule has 0 unspecified atom stereocenters. The van der Waals surface area contributed by atoms with E-state index in [1.54, 1.807) is 24.3 Å². The maximum Gasteiger partial charge on any atom is 0.271 e. The molecule has 102 valence electrons. The third-order valence-corrected chi connectivity index (χ3v) is 2.60. The van der Waals surface area contributed by atoms with Gasteiger partial charge in [0.15, 0.2) is 0 Å². The molecule has 0 atom stereocenters. The molecule has 0 aliphatic heterocycles. The molecule has 0 fully saturated rings. The summed E-state index contributed by atoms with van der Waals surface area (Å²) in [4.78, 5) is 33.5. The Bertz CT molecular complexity index is 671. The molecule has 1 aromatic heterocycles. The Kier molecular flexibility index (Phi) is 3.90. The normalized spacial score (nSPS) is 10.0. The molecule has 4 N–H and O–H groups in total. The molecular weight excluding hydrogens is 260 g/mol. The molecule has 2 aromatic rings. The first-order valence-electron chi connectivity index (χ1n) is 5.79. The zero-order valence-electron chi connectivity index (χ0n) is 10.4. The van der Waals surface area contributed by atoms with Gasteiger partial charge in [-0.05, 0) is 23.8 Å². The molecule has 0 saturated carbocycles. The third-order valence-electron chi connectivity index (χ3n) is 2.60. The lowest BCUT2D eigenvalue weighted by Crippen LogP contribution is -2.25. The molecule has 0 aliphatic carbocycles. The Labute approximate surface area is 113 Å². The lowest BCUT2D eigenvalue weighted by Gasteiger charge is -2.05. The predicted octanol–water partition coefficient (Wildman–Crippen LogP) is -0.201. The number of aromatic nitrogens is 2. The molecule has 0 saturated heterocycles. The van der Waals surface area contributed by atoms with Crippen LogP contribution in [0.3, 0.4) is 0 Å². The molecule has 0 bridgehead atoms. The Morgan fingerprint density at radius 2 is 1.85 bits per heavy atom. The largest absolute Gasteiger partial charge is 0.366 e. The summed E-state index contributed by atoms with van der Waals surface area (Å²) in [6.07, 6.45) is 0. The third kappa shape index (κ3) is 3.29. The maximum atomic E-state index is 11.7. The average molecular weight is 272 g/mol. The van der Waals surface area contributed by atoms with Crippen molar-refractivity contribution in [3.63, 3.8) is 0 Å². The second-order valence-corrected chi connectivity index (χ2v) is 4.05. The molecule has 0 radical (unpaired) electrons. The van der Waals surface area contributed by atoms with Gasteiger partial charge in [-0.25, -0.2) is 5.10 Å². The minimum atomic E-state index is -0.502. The SMILES string of the molecule is NC(=O)c1ccc(CNC(=O)c2ccc(=O)[nH]n2)cc1. The number of amides is 2. The second kappa shape index (κ2) is 5.79. The highest BCUT2D eigenvalue weighted by molar-refractivity contribution is 5.93. The molecule has 20 heavy (non-hydrogen) atoms. The van der Waals surface area contributed by atoms with Gasteiger partial charge in [0.2, 0.25) is 5.91 Å². The van der Waals surface area contributed by atoms with Crippen LogP contribution in [0, 0.1) is 0 Å². The van der Waals surface area contributed by atoms with E-state index >= 15 is 0 Å². The quantitative estimate of drug-likeness (QED) is 0.714. The van der Waals surface area contributed by atoms with E-state index in [1.807, 2.05) is 0 Å². The number of nitrogens with zero attached hydrogens (tertiary/aromatic N) is 1. The number of rotatable bonds is 4. The van der Waals surface area contributed by atoms with E-state index in [9.17, 15) is 14.4 Å². The van der Waals surface area contributed by atoms with E-state index in [0.717, 1.165) is 5.56 Å². The van der Waals surface area contributed by atoms with Gasteiger partial charge in [-0.1, -0.05) is 12.1 Å². The number of carbonyl (C=O) groups excluding carboxylic acids is 2. The molecule has 2 rings (SSSR count). The smallest absolute Gasteiger partial charge is 0.271 e. The van der Waals surface area contributed by atoms with Crippen LogP contribution in [0.1, 0.15) is 26.4 Å². The van der Waals surface area contributed by atoms with Gasteiger partial charge in [-0.2, -0.15) is 5.10 Å². The number of nitrogens with two attached hydrogens (primary N) is 1. The fourth-order valence-corrected chi connectivity index (χ4v) is 1.53. The average Bonchev–Trinajstić information content (AvgIpc) is 2.46. The lowest BCUT2D eigenvalue weighted by molar-refractivity contribution is 0.0943. The van der Waals surface area contributed by atoms with Crippen LogP contribution in [-0.4, -0.2) is 22.0 Å². The predicted molar refractivity (Wildman–Crippen MR) is 71.0 cm³/mol. The number of benzene rings is 1. The number of hydrogen-bond acceptors (Lipinski definition) is 4. The van der Waals surface area contributed by atoms with E-state index in [0.29, 0.717) is 5.56 Å². The van der Waals surface area contributed by atoms with Crippen LogP contribution in [-0.2, 0) is 6.54 Å². The van der Waals surface area contributed by atoms with Gasteiger partial charge in [0, 0.05) is 18.2 Å². The number of primary amides is 1. The van der Waals surface area contributed by atoms with Gasteiger partial charge in [0.05, 0.1) is 0 Å². The fraction of sp³-hybridized carbons (Fsp3) is 0.0769. The van der Waals surface area contributed by atoms with Crippen molar-refractivity contribution in [2.75, 3.05) is 0 Å². The van der Waals surface area contributed by atoms with Crippen LogP contribution in [0.15, 0.2) is 41.2 Å². The number of carbonyl (C=O) groups is 2. The zero-order valence-corrected chi connectivity index (χ0v) is 10.4. The minimum absolute atomic E-state index is 0.123. The van der Waals surface area contributed by atoms with Crippen LogP contribution in [0.2, 0.25) is 0 Å². The van der Waals surface area contributed by atoms with Crippen LogP contribution in [0.25, 0.3) is 0 Å². The van der Waals surface area contributed by atoms with E-state index in [1.165, 1.54) is 12.1 Å². The highest BCUT2D eigenvalue weighted by atomic mass is 16.2. The van der Waals surface area contributed by atoms with Crippen molar-refractivity contribution in [3.05, 3.63) is 63.6 Å². The van der Waals surface area contributed by atoms with Crippen molar-refractivity contribution in [3.8, 4) is 0 Å². The number of nitrogens with one attached hydrogen (secondary N) is 2. The Morgan fingerprint density at radius 1 is 1.15 bits per heavy atom. The second-order valence-electron chi connectivity index (χ2n) is 4.05. The summed E-state index contributed by atoms with van der Waals surface area (Å²) in [6, 6.07) is 9.12. The summed E-state index contributed by atoms with van der Waals surface area (Å²) < 4.78 is 0. The van der Waals surface area contributed by atoms with Crippen molar-refractivity contribution in [2.24, 2.45) is 5.73 Å². The zero-order chi connectivity index (χ0) is 14.5. The molecular formula is C13H12N4O3. The van der Waals surface area contributed by atoms with Crippen molar-refractivity contribution in [1.82, 2.24) is 15.5 Å². The van der Waals surface area contributed by atoms with E-state index < -0.39 is 11.8 Å². The molecule has 2 amide bonds. The highest BCUT2D eigenvalue weighted by Crippen LogP contribution is 2.03. The Balaban J connectivity index is 1.98. The van der Waals surface area contributed by atoms with Crippen LogP contribution < -0.4 is 16.6 Å². The summed E-state index contributed by atoms with van der Waals surface area (Å²) in [5, 5.41) is 8.44. The van der Waals surface area contributed by atoms with Gasteiger partial charge < -0.3 is 11.1 Å². The van der Waals surface area contributed by atoms with Crippen molar-refractivity contribution in [2.45, 2.75) is 6.54 Å². The van der Waals surface area contributed by atoms with Gasteiger partial charge in [0.1, 0.15) is 5.69 Å². The summed E-state index contributed by atoms with van der Waals surface area (Å²) >= 11 is 0. The molecule has 0 aliphatic rings. The van der Waals surface area contributed by atoms with Gasteiger partial charge >= 0.3 is 0 Å². The first kappa shape index (κ1) is 13.5. The molecule has 1 heterocycles. The summed E-state index contributed by atoms with van der Waals surface area (Å²) in [5.41, 5.74) is 6.10.